The van der Waals surface area contributed by atoms with Gasteiger partial charge < -0.3 is 15.2 Å². The van der Waals surface area contributed by atoms with Gasteiger partial charge in [-0.15, -0.1) is 0 Å². The van der Waals surface area contributed by atoms with Crippen molar-refractivity contribution in [1.29, 1.82) is 0 Å². The molecule has 0 saturated carbocycles. The molecule has 0 aromatic heterocycles. The average Bonchev–Trinajstić information content (AvgIpc) is 2.72. The van der Waals surface area contributed by atoms with Gasteiger partial charge in [0.15, 0.2) is 5.78 Å². The number of hydrogen-bond acceptors (Lipinski definition) is 7. The van der Waals surface area contributed by atoms with E-state index in [0.29, 0.717) is 17.9 Å². The van der Waals surface area contributed by atoms with Gasteiger partial charge >= 0.3 is 11.9 Å². The molecule has 0 aliphatic carbocycles. The predicted octanol–water partition coefficient (Wildman–Crippen LogP) is 6.82. The Kier molecular flexibility index (Phi) is 13.4. The number of carbonyl (C=O) groups is 3. The Morgan fingerprint density at radius 2 is 1.35 bits per heavy atom. The molecule has 0 radical (unpaired) electrons. The molecule has 6 nitrogen and oxygen atoms in total. The SMILES string of the molecule is CCCCC(C)(C)C(=O)C(N)CSC[C@@H](COC(=O)C(C)(C)CC(C)(C)C)OC(=O)C(C)(C)C(C)(C)C. The van der Waals surface area contributed by atoms with Crippen LogP contribution in [-0.2, 0) is 23.9 Å². The van der Waals surface area contributed by atoms with Crippen LogP contribution < -0.4 is 5.73 Å². The highest BCUT2D eigenvalue weighted by Gasteiger charge is 2.42. The van der Waals surface area contributed by atoms with Crippen LogP contribution in [0.1, 0.15) is 116 Å². The lowest BCUT2D eigenvalue weighted by Crippen LogP contribution is -2.43. The lowest BCUT2D eigenvalue weighted by molar-refractivity contribution is -0.173. The van der Waals surface area contributed by atoms with Crippen molar-refractivity contribution in [3.05, 3.63) is 0 Å². The lowest BCUT2D eigenvalue weighted by Gasteiger charge is -2.37. The number of Topliss-reactive ketones (excluding diaryl/α,β-unsaturated/α-hetero) is 1. The van der Waals surface area contributed by atoms with Crippen LogP contribution in [0.15, 0.2) is 0 Å². The first-order valence-corrected chi connectivity index (χ1v) is 14.9. The number of nitrogens with two attached hydrogens (primary N) is 1. The van der Waals surface area contributed by atoms with E-state index in [1.807, 2.05) is 62.3 Å². The highest BCUT2D eigenvalue weighted by molar-refractivity contribution is 7.99. The Labute approximate surface area is 231 Å². The third-order valence-corrected chi connectivity index (χ3v) is 8.55. The monoisotopic (exact) mass is 543 g/mol. The van der Waals surface area contributed by atoms with Gasteiger partial charge in [-0.2, -0.15) is 11.8 Å². The number of rotatable bonds is 15. The van der Waals surface area contributed by atoms with Gasteiger partial charge in [-0.25, -0.2) is 0 Å². The highest BCUT2D eigenvalue weighted by Crippen LogP contribution is 2.39. The lowest BCUT2D eigenvalue weighted by atomic mass is 9.69. The van der Waals surface area contributed by atoms with Crippen molar-refractivity contribution in [1.82, 2.24) is 0 Å². The van der Waals surface area contributed by atoms with Crippen molar-refractivity contribution in [2.45, 2.75) is 128 Å². The first-order chi connectivity index (χ1) is 16.5. The van der Waals surface area contributed by atoms with E-state index < -0.39 is 28.4 Å². The van der Waals surface area contributed by atoms with Gasteiger partial charge in [0.2, 0.25) is 0 Å². The molecule has 2 atom stereocenters. The molecule has 0 amide bonds. The minimum absolute atomic E-state index is 0.0312. The molecule has 0 fully saturated rings. The van der Waals surface area contributed by atoms with Crippen LogP contribution in [0.25, 0.3) is 0 Å². The quantitative estimate of drug-likeness (QED) is 0.226. The summed E-state index contributed by atoms with van der Waals surface area (Å²) in [6.45, 7) is 25.7. The Morgan fingerprint density at radius 3 is 1.81 bits per heavy atom. The molecule has 0 aromatic rings. The molecular weight excluding hydrogens is 486 g/mol. The maximum Gasteiger partial charge on any atom is 0.312 e. The zero-order valence-electron chi connectivity index (χ0n) is 26.1. The average molecular weight is 544 g/mol. The molecule has 1 unspecified atom stereocenters. The van der Waals surface area contributed by atoms with Crippen LogP contribution >= 0.6 is 11.8 Å². The topological polar surface area (TPSA) is 95.7 Å². The first kappa shape index (κ1) is 35.9. The van der Waals surface area contributed by atoms with Crippen molar-refractivity contribution < 1.29 is 23.9 Å². The fraction of sp³-hybridized carbons (Fsp3) is 0.900. The van der Waals surface area contributed by atoms with E-state index in [1.54, 1.807) is 0 Å². The van der Waals surface area contributed by atoms with Gasteiger partial charge in [0.05, 0.1) is 16.9 Å². The molecule has 0 heterocycles. The van der Waals surface area contributed by atoms with Crippen molar-refractivity contribution in [3.63, 3.8) is 0 Å². The zero-order chi connectivity index (χ0) is 29.5. The Bertz CT molecular complexity index is 759. The van der Waals surface area contributed by atoms with Crippen LogP contribution in [0.5, 0.6) is 0 Å². The molecule has 37 heavy (non-hydrogen) atoms. The smallest absolute Gasteiger partial charge is 0.312 e. The zero-order valence-corrected chi connectivity index (χ0v) is 26.9. The summed E-state index contributed by atoms with van der Waals surface area (Å²) in [6.07, 6.45) is 2.85. The van der Waals surface area contributed by atoms with E-state index in [2.05, 4.69) is 27.7 Å². The first-order valence-electron chi connectivity index (χ1n) is 13.7. The molecular formula is C30H57NO5S. The van der Waals surface area contributed by atoms with Gasteiger partial charge in [0, 0.05) is 16.9 Å². The second-order valence-corrected chi connectivity index (χ2v) is 15.7. The summed E-state index contributed by atoms with van der Waals surface area (Å²) in [5.41, 5.74) is 4.05. The maximum absolute atomic E-state index is 13.1. The maximum atomic E-state index is 13.1. The van der Waals surface area contributed by atoms with Crippen LogP contribution in [0.4, 0.5) is 0 Å². The van der Waals surface area contributed by atoms with Gasteiger partial charge in [0.25, 0.3) is 0 Å². The van der Waals surface area contributed by atoms with Crippen LogP contribution in [0, 0.1) is 27.1 Å². The summed E-state index contributed by atoms with van der Waals surface area (Å²) in [5.74, 6) is 0.195. The van der Waals surface area contributed by atoms with Crippen molar-refractivity contribution >= 4 is 29.5 Å². The number of ether oxygens (including phenoxy) is 2. The molecule has 0 aliphatic rings. The van der Waals surface area contributed by atoms with Crippen molar-refractivity contribution in [2.24, 2.45) is 32.8 Å². The fourth-order valence-corrected chi connectivity index (χ4v) is 5.10. The number of ketones is 1. The van der Waals surface area contributed by atoms with Crippen molar-refractivity contribution in [3.8, 4) is 0 Å². The van der Waals surface area contributed by atoms with E-state index >= 15 is 0 Å². The number of thioether (sulfide) groups is 1. The molecule has 0 saturated heterocycles. The Morgan fingerprint density at radius 1 is 0.811 bits per heavy atom. The Hall–Kier alpha value is -1.08. The largest absolute Gasteiger partial charge is 0.461 e. The van der Waals surface area contributed by atoms with E-state index in [9.17, 15) is 14.4 Å². The summed E-state index contributed by atoms with van der Waals surface area (Å²) in [5, 5.41) is 0. The minimum Gasteiger partial charge on any atom is -0.461 e. The minimum atomic E-state index is -0.735. The van der Waals surface area contributed by atoms with E-state index in [-0.39, 0.29) is 35.2 Å². The fourth-order valence-electron chi connectivity index (χ4n) is 4.13. The second-order valence-electron chi connectivity index (χ2n) is 14.6. The number of unbranched alkanes of at least 4 members (excludes halogenated alkanes) is 1. The standard InChI is InChI=1S/C30H57NO5S/c1-14-15-16-28(8,9)23(32)22(31)19-37-18-21(36-25(34)30(12,13)27(5,6)7)17-35-24(33)29(10,11)20-26(2,3)4/h21-22H,14-20,31H2,1-13H3/t21-,22?/m1/s1. The number of hydrogen-bond donors (Lipinski definition) is 1. The molecule has 0 rings (SSSR count). The van der Waals surface area contributed by atoms with Crippen LogP contribution in [0.2, 0.25) is 0 Å². The third-order valence-electron chi connectivity index (χ3n) is 7.34. The summed E-state index contributed by atoms with van der Waals surface area (Å²) in [7, 11) is 0. The molecule has 0 aliphatic heterocycles. The Balaban J connectivity index is 5.41. The third kappa shape index (κ3) is 12.1. The van der Waals surface area contributed by atoms with E-state index in [0.717, 1.165) is 19.3 Å². The van der Waals surface area contributed by atoms with Gasteiger partial charge in [0.1, 0.15) is 12.7 Å². The second kappa shape index (κ2) is 13.8. The molecule has 218 valence electrons. The van der Waals surface area contributed by atoms with Crippen LogP contribution in [-0.4, -0.2) is 48.0 Å². The molecule has 2 N–H and O–H groups in total. The number of carbonyl (C=O) groups excluding carboxylic acids is 3. The van der Waals surface area contributed by atoms with Crippen molar-refractivity contribution in [2.75, 3.05) is 18.1 Å². The van der Waals surface area contributed by atoms with E-state index in [4.69, 9.17) is 15.2 Å². The van der Waals surface area contributed by atoms with Gasteiger partial charge in [-0.1, -0.05) is 75.2 Å². The molecule has 0 spiro atoms. The summed E-state index contributed by atoms with van der Waals surface area (Å²) in [4.78, 5) is 39.0. The summed E-state index contributed by atoms with van der Waals surface area (Å²) >= 11 is 1.45. The van der Waals surface area contributed by atoms with Gasteiger partial charge in [-0.05, 0) is 51.4 Å². The normalized spacial score (nSPS) is 15.2. The van der Waals surface area contributed by atoms with Gasteiger partial charge in [-0.3, -0.25) is 14.4 Å². The molecule has 0 aromatic carbocycles. The summed E-state index contributed by atoms with van der Waals surface area (Å²) in [6, 6.07) is -0.604. The van der Waals surface area contributed by atoms with Crippen LogP contribution in [0.3, 0.4) is 0 Å². The number of esters is 2. The highest BCUT2D eigenvalue weighted by atomic mass is 32.2. The molecule has 7 heteroatoms. The van der Waals surface area contributed by atoms with E-state index in [1.165, 1.54) is 11.8 Å². The summed E-state index contributed by atoms with van der Waals surface area (Å²) < 4.78 is 11.6. The molecule has 0 bridgehead atoms. The predicted molar refractivity (Wildman–Crippen MR) is 156 cm³/mol.